The second-order valence-corrected chi connectivity index (χ2v) is 7.36. The molecule has 4 atom stereocenters. The zero-order valence-electron chi connectivity index (χ0n) is 15.6. The van der Waals surface area contributed by atoms with Crippen LogP contribution in [0.2, 0.25) is 0 Å². The van der Waals surface area contributed by atoms with Crippen LogP contribution < -0.4 is 19.7 Å². The van der Waals surface area contributed by atoms with Crippen LogP contribution in [0.3, 0.4) is 0 Å². The number of nitrogens with one attached hydrogen (secondary N) is 2. The highest BCUT2D eigenvalue weighted by Crippen LogP contribution is 2.28. The van der Waals surface area contributed by atoms with E-state index in [1.165, 1.54) is 32.2 Å². The average molecular weight is 347 g/mol. The van der Waals surface area contributed by atoms with E-state index < -0.39 is 0 Å². The third-order valence-corrected chi connectivity index (χ3v) is 5.81. The fourth-order valence-corrected chi connectivity index (χ4v) is 4.70. The molecule has 0 aliphatic carbocycles. The number of carbonyl (C=O) groups is 1. The summed E-state index contributed by atoms with van der Waals surface area (Å²) >= 11 is 0. The van der Waals surface area contributed by atoms with Crippen LogP contribution in [0, 0.1) is 0 Å². The van der Waals surface area contributed by atoms with E-state index in [1.54, 1.807) is 37.3 Å². The topological polar surface area (TPSA) is 52.0 Å². The zero-order valence-corrected chi connectivity index (χ0v) is 15.6. The second kappa shape index (κ2) is 8.09. The maximum absolute atomic E-state index is 12.7. The Bertz CT molecular complexity index is 591. The van der Waals surface area contributed by atoms with Crippen LogP contribution >= 0.6 is 0 Å². The van der Waals surface area contributed by atoms with E-state index in [2.05, 4.69) is 12.2 Å². The molecule has 0 spiro atoms. The SMILES string of the molecule is CCC[NH+]1[C@@H]2CCC[C@H]1CC(NC(=O)c1ccc(OC)c(OC)c1)C2. The fraction of sp³-hybridized carbons (Fsp3) is 0.650. The summed E-state index contributed by atoms with van der Waals surface area (Å²) in [6, 6.07) is 7.06. The molecular formula is C20H31N2O3+. The normalized spacial score (nSPS) is 28.3. The second-order valence-electron chi connectivity index (χ2n) is 7.36. The smallest absolute Gasteiger partial charge is 0.251 e. The first-order valence-corrected chi connectivity index (χ1v) is 9.54. The van der Waals surface area contributed by atoms with E-state index >= 15 is 0 Å². The van der Waals surface area contributed by atoms with Crippen molar-refractivity contribution >= 4 is 5.91 Å². The van der Waals surface area contributed by atoms with Crippen LogP contribution in [-0.2, 0) is 0 Å². The molecule has 2 fully saturated rings. The van der Waals surface area contributed by atoms with E-state index in [0.717, 1.165) is 12.8 Å². The first-order chi connectivity index (χ1) is 12.2. The lowest BCUT2D eigenvalue weighted by Crippen LogP contribution is -3.21. The minimum absolute atomic E-state index is 0.0111. The number of ether oxygens (including phenoxy) is 2. The molecule has 2 aliphatic heterocycles. The molecule has 0 saturated carbocycles. The lowest BCUT2D eigenvalue weighted by molar-refractivity contribution is -0.961. The van der Waals surface area contributed by atoms with Crippen molar-refractivity contribution in [3.8, 4) is 11.5 Å². The molecule has 5 heteroatoms. The van der Waals surface area contributed by atoms with Crippen molar-refractivity contribution < 1.29 is 19.2 Å². The predicted molar refractivity (Wildman–Crippen MR) is 97.6 cm³/mol. The fourth-order valence-electron chi connectivity index (χ4n) is 4.70. The molecule has 1 amide bonds. The molecule has 2 heterocycles. The van der Waals surface area contributed by atoms with Crippen LogP contribution in [0.15, 0.2) is 18.2 Å². The predicted octanol–water partition coefficient (Wildman–Crippen LogP) is 1.81. The molecule has 5 nitrogen and oxygen atoms in total. The Morgan fingerprint density at radius 3 is 2.44 bits per heavy atom. The minimum atomic E-state index is -0.0111. The monoisotopic (exact) mass is 347 g/mol. The summed E-state index contributed by atoms with van der Waals surface area (Å²) < 4.78 is 10.6. The number of piperidine rings is 2. The highest BCUT2D eigenvalue weighted by Gasteiger charge is 2.41. The van der Waals surface area contributed by atoms with Crippen molar-refractivity contribution in [3.05, 3.63) is 23.8 Å². The molecule has 1 aromatic rings. The zero-order chi connectivity index (χ0) is 17.8. The summed E-state index contributed by atoms with van der Waals surface area (Å²) in [7, 11) is 3.19. The van der Waals surface area contributed by atoms with E-state index in [0.29, 0.717) is 29.1 Å². The van der Waals surface area contributed by atoms with E-state index in [1.807, 2.05) is 0 Å². The first-order valence-electron chi connectivity index (χ1n) is 9.54. The summed E-state index contributed by atoms with van der Waals surface area (Å²) in [5, 5.41) is 3.27. The van der Waals surface area contributed by atoms with Crippen LogP contribution in [0.1, 0.15) is 55.8 Å². The lowest BCUT2D eigenvalue weighted by Gasteiger charge is -2.46. The minimum Gasteiger partial charge on any atom is -0.493 e. The third kappa shape index (κ3) is 3.92. The third-order valence-electron chi connectivity index (χ3n) is 5.81. The Kier molecular flexibility index (Phi) is 5.84. The van der Waals surface area contributed by atoms with Crippen molar-refractivity contribution in [2.24, 2.45) is 0 Å². The van der Waals surface area contributed by atoms with Crippen LogP contribution in [0.5, 0.6) is 11.5 Å². The van der Waals surface area contributed by atoms with Gasteiger partial charge in [0.25, 0.3) is 5.91 Å². The number of benzene rings is 1. The van der Waals surface area contributed by atoms with Gasteiger partial charge in [0.05, 0.1) is 32.8 Å². The van der Waals surface area contributed by atoms with Crippen molar-refractivity contribution in [2.75, 3.05) is 20.8 Å². The quantitative estimate of drug-likeness (QED) is 0.825. The first kappa shape index (κ1) is 18.1. The molecular weight excluding hydrogens is 316 g/mol. The van der Waals surface area contributed by atoms with Gasteiger partial charge in [-0.2, -0.15) is 0 Å². The molecule has 2 unspecified atom stereocenters. The standard InChI is InChI=1S/C20H30N2O3/c1-4-10-22-16-6-5-7-17(22)13-15(12-16)21-20(23)14-8-9-18(24-2)19(11-14)25-3/h8-9,11,15-17H,4-7,10,12-13H2,1-3H3,(H,21,23)/p+1/t15?,16-,17+. The molecule has 0 aromatic heterocycles. The van der Waals surface area contributed by atoms with E-state index in [-0.39, 0.29) is 11.9 Å². The molecule has 1 aromatic carbocycles. The Morgan fingerprint density at radius 1 is 1.16 bits per heavy atom. The van der Waals surface area contributed by atoms with Gasteiger partial charge in [0.2, 0.25) is 0 Å². The molecule has 25 heavy (non-hydrogen) atoms. The summed E-state index contributed by atoms with van der Waals surface area (Å²) in [6.07, 6.45) is 7.39. The number of amides is 1. The van der Waals surface area contributed by atoms with Gasteiger partial charge in [-0.15, -0.1) is 0 Å². The largest absolute Gasteiger partial charge is 0.493 e. The number of rotatable bonds is 6. The molecule has 2 N–H and O–H groups in total. The molecule has 2 aliphatic rings. The molecule has 0 radical (unpaired) electrons. The van der Waals surface area contributed by atoms with Gasteiger partial charge in [-0.25, -0.2) is 0 Å². The summed E-state index contributed by atoms with van der Waals surface area (Å²) in [5.41, 5.74) is 0.631. The van der Waals surface area contributed by atoms with Crippen molar-refractivity contribution in [1.29, 1.82) is 0 Å². The molecule has 2 bridgehead atoms. The van der Waals surface area contributed by atoms with Gasteiger partial charge in [-0.3, -0.25) is 4.79 Å². The number of methoxy groups -OCH3 is 2. The lowest BCUT2D eigenvalue weighted by atomic mass is 9.81. The highest BCUT2D eigenvalue weighted by molar-refractivity contribution is 5.95. The Balaban J connectivity index is 1.66. The number of fused-ring (bicyclic) bond motifs is 2. The van der Waals surface area contributed by atoms with Crippen LogP contribution in [0.25, 0.3) is 0 Å². The van der Waals surface area contributed by atoms with Crippen molar-refractivity contribution in [1.82, 2.24) is 5.32 Å². The van der Waals surface area contributed by atoms with Gasteiger partial charge in [0, 0.05) is 24.4 Å². The van der Waals surface area contributed by atoms with Crippen LogP contribution in [0.4, 0.5) is 0 Å². The molecule has 3 rings (SSSR count). The van der Waals surface area contributed by atoms with Gasteiger partial charge in [-0.05, 0) is 43.9 Å². The van der Waals surface area contributed by atoms with E-state index in [4.69, 9.17) is 9.47 Å². The summed E-state index contributed by atoms with van der Waals surface area (Å²) in [4.78, 5) is 14.5. The maximum Gasteiger partial charge on any atom is 0.251 e. The Labute approximate surface area is 150 Å². The number of quaternary nitrogens is 1. The maximum atomic E-state index is 12.7. The number of hydrogen-bond donors (Lipinski definition) is 2. The summed E-state index contributed by atoms with van der Waals surface area (Å²) in [5.74, 6) is 1.22. The van der Waals surface area contributed by atoms with E-state index in [9.17, 15) is 4.79 Å². The average Bonchev–Trinajstić information content (AvgIpc) is 2.61. The van der Waals surface area contributed by atoms with Gasteiger partial charge >= 0.3 is 0 Å². The summed E-state index contributed by atoms with van der Waals surface area (Å²) in [6.45, 7) is 3.54. The molecule has 2 saturated heterocycles. The number of hydrogen-bond acceptors (Lipinski definition) is 3. The Morgan fingerprint density at radius 2 is 1.84 bits per heavy atom. The Hall–Kier alpha value is -1.75. The number of carbonyl (C=O) groups excluding carboxylic acids is 1. The highest BCUT2D eigenvalue weighted by atomic mass is 16.5. The van der Waals surface area contributed by atoms with Crippen molar-refractivity contribution in [3.63, 3.8) is 0 Å². The van der Waals surface area contributed by atoms with Gasteiger partial charge < -0.3 is 19.7 Å². The van der Waals surface area contributed by atoms with Gasteiger partial charge in [0.1, 0.15) is 0 Å². The molecule has 138 valence electrons. The van der Waals surface area contributed by atoms with Crippen LogP contribution in [-0.4, -0.2) is 44.8 Å². The van der Waals surface area contributed by atoms with Gasteiger partial charge in [0.15, 0.2) is 11.5 Å². The van der Waals surface area contributed by atoms with Gasteiger partial charge in [-0.1, -0.05) is 6.92 Å². The van der Waals surface area contributed by atoms with Crippen molar-refractivity contribution in [2.45, 2.75) is 63.6 Å².